The number of rotatable bonds is 5. The Labute approximate surface area is 91.3 Å². The van der Waals surface area contributed by atoms with Crippen LogP contribution in [0.2, 0.25) is 0 Å². The van der Waals surface area contributed by atoms with Crippen molar-refractivity contribution in [2.24, 2.45) is 0 Å². The van der Waals surface area contributed by atoms with E-state index in [4.69, 9.17) is 4.74 Å². The smallest absolute Gasteiger partial charge is 0.150 e. The first kappa shape index (κ1) is 11.8. The van der Waals surface area contributed by atoms with E-state index in [0.717, 1.165) is 41.6 Å². The second-order valence-corrected chi connectivity index (χ2v) is 3.62. The highest BCUT2D eigenvalue weighted by Gasteiger charge is 2.06. The fourth-order valence-corrected chi connectivity index (χ4v) is 1.67. The fourth-order valence-electron chi connectivity index (χ4n) is 1.67. The Hall–Kier alpha value is -1.31. The molecule has 0 saturated carbocycles. The average Bonchev–Trinajstić information content (AvgIpc) is 2.22. The van der Waals surface area contributed by atoms with Gasteiger partial charge >= 0.3 is 0 Å². The van der Waals surface area contributed by atoms with Crippen molar-refractivity contribution in [3.8, 4) is 5.75 Å². The van der Waals surface area contributed by atoms with Crippen LogP contribution in [0.3, 0.4) is 0 Å². The normalized spacial score (nSPS) is 10.1. The molecule has 0 spiro atoms. The zero-order chi connectivity index (χ0) is 11.3. The highest BCUT2D eigenvalue weighted by Crippen LogP contribution is 2.23. The molecule has 0 heterocycles. The van der Waals surface area contributed by atoms with Gasteiger partial charge in [0.1, 0.15) is 12.0 Å². The number of aryl methyl sites for hydroxylation is 2. The van der Waals surface area contributed by atoms with Crippen LogP contribution in [0.25, 0.3) is 0 Å². The van der Waals surface area contributed by atoms with Crippen molar-refractivity contribution in [3.05, 3.63) is 28.8 Å². The summed E-state index contributed by atoms with van der Waals surface area (Å²) in [6, 6.07) is 3.90. The Kier molecular flexibility index (Phi) is 4.35. The van der Waals surface area contributed by atoms with E-state index < -0.39 is 0 Å². The van der Waals surface area contributed by atoms with Gasteiger partial charge in [0.2, 0.25) is 0 Å². The Morgan fingerprint density at radius 2 is 2.07 bits per heavy atom. The van der Waals surface area contributed by atoms with Crippen LogP contribution in [0.15, 0.2) is 12.1 Å². The minimum absolute atomic E-state index is 0.631. The van der Waals surface area contributed by atoms with Crippen LogP contribution in [0.5, 0.6) is 5.75 Å². The van der Waals surface area contributed by atoms with Gasteiger partial charge in [-0.3, -0.25) is 4.79 Å². The van der Waals surface area contributed by atoms with Crippen LogP contribution < -0.4 is 4.74 Å². The molecule has 0 aliphatic carbocycles. The van der Waals surface area contributed by atoms with Crippen molar-refractivity contribution in [1.29, 1.82) is 0 Å². The van der Waals surface area contributed by atoms with Gasteiger partial charge in [-0.05, 0) is 37.5 Å². The van der Waals surface area contributed by atoms with Gasteiger partial charge in [0, 0.05) is 5.56 Å². The monoisotopic (exact) mass is 206 g/mol. The number of carbonyl (C=O) groups excluding carboxylic acids is 1. The minimum atomic E-state index is 0.631. The SMILES string of the molecule is CCCc1cc(C)c(OCC)cc1C=O. The molecule has 0 unspecified atom stereocenters. The maximum absolute atomic E-state index is 10.9. The van der Waals surface area contributed by atoms with Crippen molar-refractivity contribution in [1.82, 2.24) is 0 Å². The lowest BCUT2D eigenvalue weighted by Crippen LogP contribution is -1.99. The van der Waals surface area contributed by atoms with Gasteiger partial charge in [0.25, 0.3) is 0 Å². The molecule has 0 N–H and O–H groups in total. The van der Waals surface area contributed by atoms with E-state index in [2.05, 4.69) is 13.0 Å². The maximum atomic E-state index is 10.9. The summed E-state index contributed by atoms with van der Waals surface area (Å²) >= 11 is 0. The number of hydrogen-bond acceptors (Lipinski definition) is 2. The van der Waals surface area contributed by atoms with Crippen LogP contribution in [0.1, 0.15) is 41.8 Å². The van der Waals surface area contributed by atoms with Crippen LogP contribution in [0, 0.1) is 6.92 Å². The highest BCUT2D eigenvalue weighted by molar-refractivity contribution is 5.78. The second-order valence-electron chi connectivity index (χ2n) is 3.62. The molecule has 0 aliphatic heterocycles. The molecule has 0 radical (unpaired) electrons. The van der Waals surface area contributed by atoms with Gasteiger partial charge in [-0.2, -0.15) is 0 Å². The summed E-state index contributed by atoms with van der Waals surface area (Å²) in [6.07, 6.45) is 2.91. The predicted octanol–water partition coefficient (Wildman–Crippen LogP) is 3.16. The quantitative estimate of drug-likeness (QED) is 0.692. The maximum Gasteiger partial charge on any atom is 0.150 e. The molecule has 0 bridgehead atoms. The molecule has 0 aromatic heterocycles. The number of ether oxygens (including phenoxy) is 1. The third-order valence-electron chi connectivity index (χ3n) is 2.38. The van der Waals surface area contributed by atoms with Crippen molar-refractivity contribution < 1.29 is 9.53 Å². The second kappa shape index (κ2) is 5.54. The first-order valence-corrected chi connectivity index (χ1v) is 5.44. The summed E-state index contributed by atoms with van der Waals surface area (Å²) in [7, 11) is 0. The van der Waals surface area contributed by atoms with Crippen LogP contribution in [0.4, 0.5) is 0 Å². The number of carbonyl (C=O) groups is 1. The van der Waals surface area contributed by atoms with Crippen LogP contribution in [-0.4, -0.2) is 12.9 Å². The molecule has 82 valence electrons. The zero-order valence-corrected chi connectivity index (χ0v) is 9.67. The largest absolute Gasteiger partial charge is 0.494 e. The standard InChI is InChI=1S/C13H18O2/c1-4-6-11-7-10(3)13(15-5-2)8-12(11)9-14/h7-9H,4-6H2,1-3H3. The van der Waals surface area contributed by atoms with E-state index in [0.29, 0.717) is 6.61 Å². The summed E-state index contributed by atoms with van der Waals surface area (Å²) in [6.45, 7) is 6.70. The molecule has 0 aliphatic rings. The molecular formula is C13H18O2. The molecule has 0 saturated heterocycles. The molecule has 15 heavy (non-hydrogen) atoms. The van der Waals surface area contributed by atoms with E-state index in [-0.39, 0.29) is 0 Å². The van der Waals surface area contributed by atoms with E-state index in [1.54, 1.807) is 0 Å². The van der Waals surface area contributed by atoms with Gasteiger partial charge < -0.3 is 4.74 Å². The Balaban J connectivity index is 3.10. The van der Waals surface area contributed by atoms with Gasteiger partial charge in [-0.25, -0.2) is 0 Å². The summed E-state index contributed by atoms with van der Waals surface area (Å²) in [4.78, 5) is 10.9. The van der Waals surface area contributed by atoms with Gasteiger partial charge in [-0.1, -0.05) is 19.4 Å². The molecule has 2 nitrogen and oxygen atoms in total. The van der Waals surface area contributed by atoms with E-state index in [9.17, 15) is 4.79 Å². The molecule has 1 aromatic carbocycles. The molecule has 2 heteroatoms. The summed E-state index contributed by atoms with van der Waals surface area (Å²) in [5.41, 5.74) is 2.98. The first-order chi connectivity index (χ1) is 7.22. The summed E-state index contributed by atoms with van der Waals surface area (Å²) in [5, 5.41) is 0. The van der Waals surface area contributed by atoms with E-state index in [1.807, 2.05) is 19.9 Å². The van der Waals surface area contributed by atoms with E-state index in [1.165, 1.54) is 0 Å². The number of benzene rings is 1. The lowest BCUT2D eigenvalue weighted by Gasteiger charge is -2.11. The first-order valence-electron chi connectivity index (χ1n) is 5.44. The van der Waals surface area contributed by atoms with E-state index >= 15 is 0 Å². The summed E-state index contributed by atoms with van der Waals surface area (Å²) < 4.78 is 5.45. The topological polar surface area (TPSA) is 26.3 Å². The van der Waals surface area contributed by atoms with Crippen molar-refractivity contribution in [3.63, 3.8) is 0 Å². The molecule has 1 rings (SSSR count). The summed E-state index contributed by atoms with van der Waals surface area (Å²) in [5.74, 6) is 0.819. The van der Waals surface area contributed by atoms with Crippen molar-refractivity contribution in [2.45, 2.75) is 33.6 Å². The third-order valence-corrected chi connectivity index (χ3v) is 2.38. The lowest BCUT2D eigenvalue weighted by molar-refractivity contribution is 0.112. The van der Waals surface area contributed by atoms with Crippen molar-refractivity contribution in [2.75, 3.05) is 6.61 Å². The molecule has 0 fully saturated rings. The van der Waals surface area contributed by atoms with Crippen LogP contribution >= 0.6 is 0 Å². The van der Waals surface area contributed by atoms with Crippen molar-refractivity contribution >= 4 is 6.29 Å². The lowest BCUT2D eigenvalue weighted by atomic mass is 10.0. The van der Waals surface area contributed by atoms with Gasteiger partial charge in [0.05, 0.1) is 6.61 Å². The van der Waals surface area contributed by atoms with Gasteiger partial charge in [-0.15, -0.1) is 0 Å². The molecule has 1 aromatic rings. The van der Waals surface area contributed by atoms with Gasteiger partial charge in [0.15, 0.2) is 0 Å². The average molecular weight is 206 g/mol. The third kappa shape index (κ3) is 2.82. The fraction of sp³-hybridized carbons (Fsp3) is 0.462. The molecular weight excluding hydrogens is 188 g/mol. The minimum Gasteiger partial charge on any atom is -0.494 e. The number of aldehydes is 1. The Bertz CT molecular complexity index is 343. The predicted molar refractivity (Wildman–Crippen MR) is 61.7 cm³/mol. The molecule has 0 amide bonds. The Morgan fingerprint density at radius 3 is 2.60 bits per heavy atom. The van der Waals surface area contributed by atoms with Crippen LogP contribution in [-0.2, 0) is 6.42 Å². The molecule has 0 atom stereocenters. The number of hydrogen-bond donors (Lipinski definition) is 0. The zero-order valence-electron chi connectivity index (χ0n) is 9.67. The Morgan fingerprint density at radius 1 is 1.33 bits per heavy atom. The highest BCUT2D eigenvalue weighted by atomic mass is 16.5.